The molecule has 1 rings (SSSR count). The largest absolute Gasteiger partial charge is 0.396 e. The predicted molar refractivity (Wildman–Crippen MR) is 41.9 cm³/mol. The molecule has 1 atom stereocenters. The van der Waals surface area contributed by atoms with E-state index in [2.05, 4.69) is 19.2 Å². The van der Waals surface area contributed by atoms with Gasteiger partial charge >= 0.3 is 0 Å². The van der Waals surface area contributed by atoms with Gasteiger partial charge < -0.3 is 10.4 Å². The quantitative estimate of drug-likeness (QED) is 0.569. The zero-order valence-corrected chi connectivity index (χ0v) is 6.85. The molecule has 0 heterocycles. The van der Waals surface area contributed by atoms with E-state index in [0.29, 0.717) is 18.1 Å². The Labute approximate surface area is 62.6 Å². The van der Waals surface area contributed by atoms with Crippen LogP contribution in [0.1, 0.15) is 26.7 Å². The second-order valence-corrected chi connectivity index (χ2v) is 3.78. The van der Waals surface area contributed by atoms with Crippen LogP contribution in [0.3, 0.4) is 0 Å². The van der Waals surface area contributed by atoms with Crippen LogP contribution in [0.4, 0.5) is 0 Å². The molecule has 60 valence electrons. The molecule has 1 aliphatic carbocycles. The summed E-state index contributed by atoms with van der Waals surface area (Å²) in [5.41, 5.74) is 0.523. The molecule has 0 amide bonds. The summed E-state index contributed by atoms with van der Waals surface area (Å²) in [6.45, 7) is 5.80. The van der Waals surface area contributed by atoms with Gasteiger partial charge in [0.05, 0.1) is 0 Å². The fourth-order valence-electron chi connectivity index (χ4n) is 1.17. The monoisotopic (exact) mass is 143 g/mol. The Kier molecular flexibility index (Phi) is 2.32. The third-order valence-corrected chi connectivity index (χ3v) is 2.24. The summed E-state index contributed by atoms with van der Waals surface area (Å²) >= 11 is 0. The van der Waals surface area contributed by atoms with Crippen molar-refractivity contribution in [2.45, 2.75) is 32.7 Å². The molecule has 2 nitrogen and oxygen atoms in total. The van der Waals surface area contributed by atoms with Crippen LogP contribution in [0.5, 0.6) is 0 Å². The zero-order valence-electron chi connectivity index (χ0n) is 6.85. The van der Waals surface area contributed by atoms with Crippen LogP contribution >= 0.6 is 0 Å². The Hall–Kier alpha value is -0.0800. The molecule has 0 aromatic rings. The predicted octanol–water partition coefficient (Wildman–Crippen LogP) is 0.757. The van der Waals surface area contributed by atoms with Crippen LogP contribution in [-0.2, 0) is 0 Å². The maximum atomic E-state index is 8.49. The van der Waals surface area contributed by atoms with E-state index >= 15 is 0 Å². The van der Waals surface area contributed by atoms with E-state index in [9.17, 15) is 0 Å². The van der Waals surface area contributed by atoms with E-state index in [1.165, 1.54) is 6.42 Å². The van der Waals surface area contributed by atoms with E-state index < -0.39 is 0 Å². The lowest BCUT2D eigenvalue weighted by molar-refractivity contribution is 0.285. The molecule has 0 aromatic carbocycles. The lowest BCUT2D eigenvalue weighted by Crippen LogP contribution is -2.22. The molecule has 1 aliphatic rings. The van der Waals surface area contributed by atoms with Crippen LogP contribution in [0, 0.1) is 5.41 Å². The molecule has 0 aliphatic heterocycles. The van der Waals surface area contributed by atoms with Gasteiger partial charge in [0, 0.05) is 12.6 Å². The average Bonchev–Trinajstić information content (AvgIpc) is 2.41. The molecule has 0 saturated heterocycles. The number of hydrogen-bond donors (Lipinski definition) is 2. The molecule has 0 aromatic heterocycles. The minimum absolute atomic E-state index is 0.306. The Bertz CT molecular complexity index is 112. The Balaban J connectivity index is 1.97. The Morgan fingerprint density at radius 2 is 2.20 bits per heavy atom. The SMILES string of the molecule is CC1(C)CC1NCCCO. The first-order valence-electron chi connectivity index (χ1n) is 4.01. The van der Waals surface area contributed by atoms with Gasteiger partial charge in [-0.3, -0.25) is 0 Å². The van der Waals surface area contributed by atoms with Crippen molar-refractivity contribution in [1.29, 1.82) is 0 Å². The molecule has 1 fully saturated rings. The second kappa shape index (κ2) is 2.89. The molecule has 1 saturated carbocycles. The number of aliphatic hydroxyl groups excluding tert-OH is 1. The molecule has 0 spiro atoms. The van der Waals surface area contributed by atoms with E-state index in [1.54, 1.807) is 0 Å². The fraction of sp³-hybridized carbons (Fsp3) is 1.00. The average molecular weight is 143 g/mol. The molecule has 10 heavy (non-hydrogen) atoms. The van der Waals surface area contributed by atoms with Crippen molar-refractivity contribution in [1.82, 2.24) is 5.32 Å². The van der Waals surface area contributed by atoms with Crippen LogP contribution in [0.15, 0.2) is 0 Å². The van der Waals surface area contributed by atoms with Gasteiger partial charge in [0.15, 0.2) is 0 Å². The van der Waals surface area contributed by atoms with Gasteiger partial charge in [0.2, 0.25) is 0 Å². The maximum Gasteiger partial charge on any atom is 0.0443 e. The lowest BCUT2D eigenvalue weighted by Gasteiger charge is -2.04. The first kappa shape index (κ1) is 8.02. The maximum absolute atomic E-state index is 8.49. The third-order valence-electron chi connectivity index (χ3n) is 2.24. The molecule has 0 bridgehead atoms. The van der Waals surface area contributed by atoms with Gasteiger partial charge in [0.1, 0.15) is 0 Å². The third kappa shape index (κ3) is 1.96. The van der Waals surface area contributed by atoms with Gasteiger partial charge in [-0.15, -0.1) is 0 Å². The molecule has 2 N–H and O–H groups in total. The van der Waals surface area contributed by atoms with Crippen molar-refractivity contribution < 1.29 is 5.11 Å². The van der Waals surface area contributed by atoms with Crippen molar-refractivity contribution in [2.24, 2.45) is 5.41 Å². The summed E-state index contributed by atoms with van der Waals surface area (Å²) in [4.78, 5) is 0. The lowest BCUT2D eigenvalue weighted by atomic mass is 10.2. The van der Waals surface area contributed by atoms with Crippen molar-refractivity contribution >= 4 is 0 Å². The fourth-order valence-corrected chi connectivity index (χ4v) is 1.17. The highest BCUT2D eigenvalue weighted by Gasteiger charge is 2.44. The number of rotatable bonds is 4. The van der Waals surface area contributed by atoms with Crippen molar-refractivity contribution in [3.63, 3.8) is 0 Å². The summed E-state index contributed by atoms with van der Waals surface area (Å²) in [5, 5.41) is 11.9. The molecular weight excluding hydrogens is 126 g/mol. The minimum Gasteiger partial charge on any atom is -0.396 e. The topological polar surface area (TPSA) is 32.3 Å². The van der Waals surface area contributed by atoms with E-state index in [1.807, 2.05) is 0 Å². The first-order valence-corrected chi connectivity index (χ1v) is 4.01. The minimum atomic E-state index is 0.306. The number of hydrogen-bond acceptors (Lipinski definition) is 2. The summed E-state index contributed by atoms with van der Waals surface area (Å²) in [6.07, 6.45) is 2.17. The van der Waals surface area contributed by atoms with Gasteiger partial charge in [0.25, 0.3) is 0 Å². The van der Waals surface area contributed by atoms with Crippen molar-refractivity contribution in [2.75, 3.05) is 13.2 Å². The highest BCUT2D eigenvalue weighted by Crippen LogP contribution is 2.44. The van der Waals surface area contributed by atoms with E-state index in [-0.39, 0.29) is 0 Å². The summed E-state index contributed by atoms with van der Waals surface area (Å²) in [5.74, 6) is 0. The summed E-state index contributed by atoms with van der Waals surface area (Å²) < 4.78 is 0. The number of nitrogens with one attached hydrogen (secondary N) is 1. The Morgan fingerprint density at radius 3 is 2.60 bits per heavy atom. The zero-order chi connectivity index (χ0) is 7.61. The summed E-state index contributed by atoms with van der Waals surface area (Å²) in [7, 11) is 0. The van der Waals surface area contributed by atoms with Gasteiger partial charge in [-0.25, -0.2) is 0 Å². The van der Waals surface area contributed by atoms with Gasteiger partial charge in [-0.1, -0.05) is 13.8 Å². The Morgan fingerprint density at radius 1 is 1.60 bits per heavy atom. The van der Waals surface area contributed by atoms with Crippen LogP contribution in [-0.4, -0.2) is 24.3 Å². The first-order chi connectivity index (χ1) is 4.67. The molecule has 0 radical (unpaired) electrons. The highest BCUT2D eigenvalue weighted by atomic mass is 16.3. The van der Waals surface area contributed by atoms with Crippen LogP contribution < -0.4 is 5.32 Å². The number of aliphatic hydroxyl groups is 1. The van der Waals surface area contributed by atoms with Gasteiger partial charge in [-0.2, -0.15) is 0 Å². The molecule has 2 heteroatoms. The van der Waals surface area contributed by atoms with Crippen LogP contribution in [0.2, 0.25) is 0 Å². The summed E-state index contributed by atoms with van der Waals surface area (Å²) in [6, 6.07) is 0.707. The highest BCUT2D eigenvalue weighted by molar-refractivity contribution is 5.01. The van der Waals surface area contributed by atoms with E-state index in [4.69, 9.17) is 5.11 Å². The van der Waals surface area contributed by atoms with Crippen LogP contribution in [0.25, 0.3) is 0 Å². The van der Waals surface area contributed by atoms with Crippen molar-refractivity contribution in [3.8, 4) is 0 Å². The smallest absolute Gasteiger partial charge is 0.0443 e. The molecular formula is C8H17NO. The molecule has 1 unspecified atom stereocenters. The standard InChI is InChI=1S/C8H17NO/c1-8(2)6-7(8)9-4-3-5-10/h7,9-10H,3-6H2,1-2H3. The van der Waals surface area contributed by atoms with E-state index in [0.717, 1.165) is 13.0 Å². The van der Waals surface area contributed by atoms with Crippen molar-refractivity contribution in [3.05, 3.63) is 0 Å². The normalized spacial score (nSPS) is 28.5. The van der Waals surface area contributed by atoms with Gasteiger partial charge in [-0.05, 0) is 24.8 Å². The second-order valence-electron chi connectivity index (χ2n) is 3.78.